The van der Waals surface area contributed by atoms with Crippen molar-refractivity contribution in [2.45, 2.75) is 11.8 Å². The van der Waals surface area contributed by atoms with Crippen LogP contribution in [0.25, 0.3) is 0 Å². The molecule has 4 nitrogen and oxygen atoms in total. The van der Waals surface area contributed by atoms with Gasteiger partial charge in [-0.15, -0.1) is 0 Å². The van der Waals surface area contributed by atoms with Crippen LogP contribution >= 0.6 is 0 Å². The molecule has 0 unspecified atom stereocenters. The van der Waals surface area contributed by atoms with Crippen molar-refractivity contribution < 1.29 is 17.9 Å². The molecule has 0 N–H and O–H groups in total. The second kappa shape index (κ2) is 5.46. The minimum atomic E-state index is -4.01. The SMILES string of the molecule is COc1ccc(C(=O)S(=O)(=O)c2ccc(C)cc2)cc1. The second-order valence-corrected chi connectivity index (χ2v) is 6.18. The highest BCUT2D eigenvalue weighted by atomic mass is 32.2. The first-order valence-corrected chi connectivity index (χ1v) is 7.43. The lowest BCUT2D eigenvalue weighted by Crippen LogP contribution is -2.15. The van der Waals surface area contributed by atoms with Crippen LogP contribution in [0.15, 0.2) is 53.4 Å². The highest BCUT2D eigenvalue weighted by Gasteiger charge is 2.26. The van der Waals surface area contributed by atoms with E-state index < -0.39 is 15.0 Å². The minimum Gasteiger partial charge on any atom is -0.497 e. The molecule has 0 fully saturated rings. The van der Waals surface area contributed by atoms with Gasteiger partial charge in [0.15, 0.2) is 0 Å². The fraction of sp³-hybridized carbons (Fsp3) is 0.133. The predicted octanol–water partition coefficient (Wildman–Crippen LogP) is 2.62. The lowest BCUT2D eigenvalue weighted by atomic mass is 10.2. The second-order valence-electron chi connectivity index (χ2n) is 4.33. The van der Waals surface area contributed by atoms with Gasteiger partial charge in [0.1, 0.15) is 5.75 Å². The van der Waals surface area contributed by atoms with Gasteiger partial charge in [-0.25, -0.2) is 8.42 Å². The fourth-order valence-corrected chi connectivity index (χ4v) is 2.86. The molecule has 2 aromatic carbocycles. The zero-order valence-electron chi connectivity index (χ0n) is 11.2. The molecule has 0 saturated carbocycles. The van der Waals surface area contributed by atoms with Crippen LogP contribution in [0, 0.1) is 6.92 Å². The summed E-state index contributed by atoms with van der Waals surface area (Å²) in [7, 11) is -2.51. The van der Waals surface area contributed by atoms with Crippen LogP contribution in [0.2, 0.25) is 0 Å². The molecule has 5 heteroatoms. The summed E-state index contributed by atoms with van der Waals surface area (Å²) in [5.74, 6) is 0.564. The van der Waals surface area contributed by atoms with Gasteiger partial charge in [0.2, 0.25) is 9.84 Å². The molecule has 2 aromatic rings. The molecule has 0 saturated heterocycles. The summed E-state index contributed by atoms with van der Waals surface area (Å²) in [5.41, 5.74) is 1.05. The first-order valence-electron chi connectivity index (χ1n) is 5.95. The third-order valence-corrected chi connectivity index (χ3v) is 4.52. The number of methoxy groups -OCH3 is 1. The van der Waals surface area contributed by atoms with Gasteiger partial charge >= 0.3 is 0 Å². The van der Waals surface area contributed by atoms with E-state index in [2.05, 4.69) is 0 Å². The van der Waals surface area contributed by atoms with Crippen molar-refractivity contribution >= 4 is 15.0 Å². The van der Waals surface area contributed by atoms with Gasteiger partial charge in [0.25, 0.3) is 5.12 Å². The van der Waals surface area contributed by atoms with E-state index in [1.54, 1.807) is 24.3 Å². The summed E-state index contributed by atoms with van der Waals surface area (Å²) in [5, 5.41) is -0.913. The van der Waals surface area contributed by atoms with Gasteiger partial charge < -0.3 is 4.74 Å². The molecule has 0 atom stereocenters. The fourth-order valence-electron chi connectivity index (χ4n) is 1.71. The number of aryl methyl sites for hydroxylation is 1. The van der Waals surface area contributed by atoms with Crippen LogP contribution in [-0.2, 0) is 9.84 Å². The van der Waals surface area contributed by atoms with Crippen molar-refractivity contribution in [3.8, 4) is 5.75 Å². The van der Waals surface area contributed by atoms with Crippen molar-refractivity contribution in [2.75, 3.05) is 7.11 Å². The summed E-state index contributed by atoms with van der Waals surface area (Å²) in [6.07, 6.45) is 0. The molecule has 0 aromatic heterocycles. The van der Waals surface area contributed by atoms with E-state index in [0.29, 0.717) is 5.75 Å². The highest BCUT2D eigenvalue weighted by Crippen LogP contribution is 2.19. The van der Waals surface area contributed by atoms with E-state index in [1.165, 1.54) is 31.4 Å². The number of hydrogen-bond acceptors (Lipinski definition) is 4. The third kappa shape index (κ3) is 2.72. The molecule has 0 radical (unpaired) electrons. The summed E-state index contributed by atoms with van der Waals surface area (Å²) >= 11 is 0. The zero-order valence-corrected chi connectivity index (χ0v) is 12.0. The number of hydrogen-bond donors (Lipinski definition) is 0. The molecule has 0 amide bonds. The van der Waals surface area contributed by atoms with E-state index in [0.717, 1.165) is 5.56 Å². The van der Waals surface area contributed by atoms with Crippen molar-refractivity contribution in [3.63, 3.8) is 0 Å². The Morgan fingerprint density at radius 3 is 2.00 bits per heavy atom. The number of sulfone groups is 1. The maximum absolute atomic E-state index is 12.2. The average Bonchev–Trinajstić information content (AvgIpc) is 2.47. The molecular formula is C15H14O4S. The maximum Gasteiger partial charge on any atom is 0.281 e. The lowest BCUT2D eigenvalue weighted by Gasteiger charge is -2.05. The van der Waals surface area contributed by atoms with Gasteiger partial charge in [0.05, 0.1) is 12.0 Å². The van der Waals surface area contributed by atoms with E-state index in [-0.39, 0.29) is 10.5 Å². The van der Waals surface area contributed by atoms with Crippen molar-refractivity contribution in [2.24, 2.45) is 0 Å². The number of carbonyl (C=O) groups is 1. The standard InChI is InChI=1S/C15H14O4S/c1-11-3-9-14(10-4-11)20(17,18)15(16)12-5-7-13(19-2)8-6-12/h3-10H,1-2H3. The van der Waals surface area contributed by atoms with Gasteiger partial charge in [-0.1, -0.05) is 17.7 Å². The van der Waals surface area contributed by atoms with E-state index in [9.17, 15) is 13.2 Å². The van der Waals surface area contributed by atoms with E-state index >= 15 is 0 Å². The van der Waals surface area contributed by atoms with Gasteiger partial charge in [-0.2, -0.15) is 0 Å². The Bertz CT molecular complexity index is 713. The highest BCUT2D eigenvalue weighted by molar-refractivity contribution is 8.06. The minimum absolute atomic E-state index is 0.00363. The lowest BCUT2D eigenvalue weighted by molar-refractivity contribution is 0.107. The molecule has 0 aliphatic heterocycles. The zero-order chi connectivity index (χ0) is 14.8. The summed E-state index contributed by atoms with van der Waals surface area (Å²) < 4.78 is 29.4. The Morgan fingerprint density at radius 2 is 1.50 bits per heavy atom. The smallest absolute Gasteiger partial charge is 0.281 e. The van der Waals surface area contributed by atoms with Crippen molar-refractivity contribution in [1.82, 2.24) is 0 Å². The molecule has 0 bridgehead atoms. The van der Waals surface area contributed by atoms with Crippen LogP contribution < -0.4 is 4.74 Å². The van der Waals surface area contributed by atoms with Crippen molar-refractivity contribution in [3.05, 3.63) is 59.7 Å². The maximum atomic E-state index is 12.2. The van der Waals surface area contributed by atoms with Gasteiger partial charge in [-0.3, -0.25) is 4.79 Å². The van der Waals surface area contributed by atoms with Gasteiger partial charge in [-0.05, 0) is 43.3 Å². The Morgan fingerprint density at radius 1 is 0.950 bits per heavy atom. The predicted molar refractivity (Wildman–Crippen MR) is 75.7 cm³/mol. The first kappa shape index (κ1) is 14.3. The Labute approximate surface area is 117 Å². The van der Waals surface area contributed by atoms with E-state index in [4.69, 9.17) is 4.74 Å². The van der Waals surface area contributed by atoms with Crippen molar-refractivity contribution in [1.29, 1.82) is 0 Å². The third-order valence-electron chi connectivity index (χ3n) is 2.90. The Balaban J connectivity index is 2.37. The number of ether oxygens (including phenoxy) is 1. The quantitative estimate of drug-likeness (QED) is 0.872. The average molecular weight is 290 g/mol. The van der Waals surface area contributed by atoms with Crippen LogP contribution in [0.5, 0.6) is 5.75 Å². The number of carbonyl (C=O) groups excluding carboxylic acids is 1. The van der Waals surface area contributed by atoms with E-state index in [1.807, 2.05) is 6.92 Å². The molecule has 0 aliphatic carbocycles. The molecule has 2 rings (SSSR count). The molecular weight excluding hydrogens is 276 g/mol. The van der Waals surface area contributed by atoms with Crippen LogP contribution in [0.1, 0.15) is 15.9 Å². The number of rotatable bonds is 3. The molecule has 20 heavy (non-hydrogen) atoms. The van der Waals surface area contributed by atoms with Gasteiger partial charge in [0, 0.05) is 5.56 Å². The van der Waals surface area contributed by atoms with Crippen LogP contribution in [0.3, 0.4) is 0 Å². The molecule has 104 valence electrons. The number of benzene rings is 2. The topological polar surface area (TPSA) is 60.4 Å². The van der Waals surface area contributed by atoms with Crippen LogP contribution in [-0.4, -0.2) is 20.6 Å². The Hall–Kier alpha value is -2.14. The Kier molecular flexibility index (Phi) is 3.90. The summed E-state index contributed by atoms with van der Waals surface area (Å²) in [6.45, 7) is 1.85. The monoisotopic (exact) mass is 290 g/mol. The molecule has 0 spiro atoms. The normalized spacial score (nSPS) is 11.1. The largest absolute Gasteiger partial charge is 0.497 e. The first-order chi connectivity index (χ1) is 9.45. The summed E-state index contributed by atoms with van der Waals surface area (Å²) in [4.78, 5) is 12.1. The molecule has 0 aliphatic rings. The summed E-state index contributed by atoms with van der Waals surface area (Å²) in [6, 6.07) is 12.2. The van der Waals surface area contributed by atoms with Crippen LogP contribution in [0.4, 0.5) is 0 Å². The molecule has 0 heterocycles.